The number of methoxy groups -OCH3 is 1. The van der Waals surface area contributed by atoms with Crippen LogP contribution < -0.4 is 4.74 Å². The molecule has 0 saturated carbocycles. The van der Waals surface area contributed by atoms with Gasteiger partial charge in [0.05, 0.1) is 24.9 Å². The highest BCUT2D eigenvalue weighted by molar-refractivity contribution is 5.88. The highest BCUT2D eigenvalue weighted by Gasteiger charge is 2.13. The fourth-order valence-corrected chi connectivity index (χ4v) is 2.14. The highest BCUT2D eigenvalue weighted by Crippen LogP contribution is 2.22. The summed E-state index contributed by atoms with van der Waals surface area (Å²) in [4.78, 5) is 11.1. The molecule has 0 unspecified atom stereocenters. The minimum atomic E-state index is -0.946. The molecule has 0 radical (unpaired) electrons. The third-order valence-electron chi connectivity index (χ3n) is 3.59. The minimum absolute atomic E-state index is 0.249. The van der Waals surface area contributed by atoms with Crippen molar-refractivity contribution in [3.05, 3.63) is 46.3 Å². The van der Waals surface area contributed by atoms with Crippen molar-refractivity contribution in [1.82, 2.24) is 9.78 Å². The first-order valence-electron chi connectivity index (χ1n) is 6.35. The van der Waals surface area contributed by atoms with Crippen molar-refractivity contribution in [1.29, 1.82) is 0 Å². The Morgan fingerprint density at radius 1 is 1.35 bits per heavy atom. The average Bonchev–Trinajstić information content (AvgIpc) is 2.66. The van der Waals surface area contributed by atoms with E-state index in [1.807, 2.05) is 25.5 Å². The van der Waals surface area contributed by atoms with Crippen LogP contribution in [0.5, 0.6) is 5.75 Å². The molecule has 5 nitrogen and oxygen atoms in total. The van der Waals surface area contributed by atoms with Crippen molar-refractivity contribution in [3.63, 3.8) is 0 Å². The Bertz CT molecular complexity index is 659. The molecule has 20 heavy (non-hydrogen) atoms. The monoisotopic (exact) mass is 274 g/mol. The van der Waals surface area contributed by atoms with Crippen molar-refractivity contribution in [3.8, 4) is 5.75 Å². The zero-order valence-corrected chi connectivity index (χ0v) is 12.1. The van der Waals surface area contributed by atoms with Gasteiger partial charge in [-0.25, -0.2) is 4.79 Å². The van der Waals surface area contributed by atoms with Crippen LogP contribution in [0.3, 0.4) is 0 Å². The van der Waals surface area contributed by atoms with Gasteiger partial charge in [0.15, 0.2) is 0 Å². The molecular formula is C15H18N2O3. The number of hydrogen-bond acceptors (Lipinski definition) is 3. The van der Waals surface area contributed by atoms with Crippen LogP contribution in [0.1, 0.15) is 32.9 Å². The molecule has 0 aliphatic rings. The molecule has 1 heterocycles. The molecule has 1 N–H and O–H groups in total. The molecule has 0 amide bonds. The number of nitrogens with zero attached hydrogens (tertiary/aromatic N) is 2. The standard InChI is InChI=1S/C15H18N2O3/c1-9-10(2)16-17(11(9)3)8-13-7-12(15(18)19)5-6-14(13)20-4/h5-7H,8H2,1-4H3,(H,18,19). The molecule has 1 aromatic heterocycles. The smallest absolute Gasteiger partial charge is 0.335 e. The van der Waals surface area contributed by atoms with E-state index >= 15 is 0 Å². The van der Waals surface area contributed by atoms with Gasteiger partial charge in [0.2, 0.25) is 0 Å². The lowest BCUT2D eigenvalue weighted by Gasteiger charge is -2.11. The molecule has 1 aromatic carbocycles. The fourth-order valence-electron chi connectivity index (χ4n) is 2.14. The molecule has 0 atom stereocenters. The number of aryl methyl sites for hydroxylation is 1. The summed E-state index contributed by atoms with van der Waals surface area (Å²) >= 11 is 0. The van der Waals surface area contributed by atoms with Gasteiger partial charge in [-0.05, 0) is 44.5 Å². The van der Waals surface area contributed by atoms with Crippen LogP contribution in [0.15, 0.2) is 18.2 Å². The third-order valence-corrected chi connectivity index (χ3v) is 3.59. The number of aromatic carboxylic acids is 1. The van der Waals surface area contributed by atoms with Gasteiger partial charge in [0.25, 0.3) is 0 Å². The largest absolute Gasteiger partial charge is 0.496 e. The summed E-state index contributed by atoms with van der Waals surface area (Å²) in [6.07, 6.45) is 0. The van der Waals surface area contributed by atoms with Crippen molar-refractivity contribution in [2.45, 2.75) is 27.3 Å². The number of carboxylic acids is 1. The molecule has 0 saturated heterocycles. The van der Waals surface area contributed by atoms with Gasteiger partial charge in [0, 0.05) is 11.3 Å². The van der Waals surface area contributed by atoms with Gasteiger partial charge in [-0.3, -0.25) is 4.68 Å². The normalized spacial score (nSPS) is 10.6. The minimum Gasteiger partial charge on any atom is -0.496 e. The molecule has 0 bridgehead atoms. The lowest BCUT2D eigenvalue weighted by atomic mass is 10.1. The van der Waals surface area contributed by atoms with Gasteiger partial charge < -0.3 is 9.84 Å². The molecule has 0 aliphatic heterocycles. The molecule has 0 spiro atoms. The van der Waals surface area contributed by atoms with E-state index in [4.69, 9.17) is 9.84 Å². The number of hydrogen-bond donors (Lipinski definition) is 1. The molecule has 0 fully saturated rings. The van der Waals surface area contributed by atoms with Crippen LogP contribution in [0.2, 0.25) is 0 Å². The van der Waals surface area contributed by atoms with Gasteiger partial charge in [0.1, 0.15) is 5.75 Å². The van der Waals surface area contributed by atoms with Gasteiger partial charge in [-0.2, -0.15) is 5.10 Å². The second-order valence-corrected chi connectivity index (χ2v) is 4.79. The Morgan fingerprint density at radius 2 is 2.05 bits per heavy atom. The van der Waals surface area contributed by atoms with Gasteiger partial charge in [-0.15, -0.1) is 0 Å². The molecular weight excluding hydrogens is 256 g/mol. The van der Waals surface area contributed by atoms with E-state index in [2.05, 4.69) is 5.10 Å². The quantitative estimate of drug-likeness (QED) is 0.930. The SMILES string of the molecule is COc1ccc(C(=O)O)cc1Cn1nc(C)c(C)c1C. The van der Waals surface area contributed by atoms with Crippen LogP contribution in [0, 0.1) is 20.8 Å². The number of ether oxygens (including phenoxy) is 1. The number of rotatable bonds is 4. The van der Waals surface area contributed by atoms with Crippen molar-refractivity contribution >= 4 is 5.97 Å². The third kappa shape index (κ3) is 2.52. The van der Waals surface area contributed by atoms with Crippen LogP contribution in [0.25, 0.3) is 0 Å². The topological polar surface area (TPSA) is 64.3 Å². The summed E-state index contributed by atoms with van der Waals surface area (Å²) in [7, 11) is 1.58. The van der Waals surface area contributed by atoms with Crippen molar-refractivity contribution < 1.29 is 14.6 Å². The van der Waals surface area contributed by atoms with Crippen LogP contribution >= 0.6 is 0 Å². The van der Waals surface area contributed by atoms with E-state index in [0.717, 1.165) is 22.5 Å². The lowest BCUT2D eigenvalue weighted by molar-refractivity contribution is 0.0696. The second kappa shape index (κ2) is 5.36. The summed E-state index contributed by atoms with van der Waals surface area (Å²) < 4.78 is 7.16. The fraction of sp³-hybridized carbons (Fsp3) is 0.333. The number of carbonyl (C=O) groups is 1. The maximum Gasteiger partial charge on any atom is 0.335 e. The first-order valence-corrected chi connectivity index (χ1v) is 6.35. The highest BCUT2D eigenvalue weighted by atomic mass is 16.5. The summed E-state index contributed by atoms with van der Waals surface area (Å²) in [6.45, 7) is 6.48. The molecule has 2 rings (SSSR count). The van der Waals surface area contributed by atoms with Crippen LogP contribution in [-0.4, -0.2) is 28.0 Å². The summed E-state index contributed by atoms with van der Waals surface area (Å²) in [6, 6.07) is 4.85. The van der Waals surface area contributed by atoms with Crippen LogP contribution in [-0.2, 0) is 6.54 Å². The Kier molecular flexibility index (Phi) is 3.79. The lowest BCUT2D eigenvalue weighted by Crippen LogP contribution is -2.07. The van der Waals surface area contributed by atoms with E-state index in [1.54, 1.807) is 19.2 Å². The number of benzene rings is 1. The maximum atomic E-state index is 11.1. The number of aromatic nitrogens is 2. The molecule has 106 valence electrons. The number of carboxylic acid groups (broad SMARTS) is 1. The van der Waals surface area contributed by atoms with E-state index < -0.39 is 5.97 Å². The average molecular weight is 274 g/mol. The van der Waals surface area contributed by atoms with Crippen molar-refractivity contribution in [2.24, 2.45) is 0 Å². The zero-order chi connectivity index (χ0) is 14.9. The molecule has 0 aliphatic carbocycles. The van der Waals surface area contributed by atoms with E-state index in [9.17, 15) is 4.79 Å². The first kappa shape index (κ1) is 14.1. The Hall–Kier alpha value is -2.30. The second-order valence-electron chi connectivity index (χ2n) is 4.79. The van der Waals surface area contributed by atoms with Crippen molar-refractivity contribution in [2.75, 3.05) is 7.11 Å². The summed E-state index contributed by atoms with van der Waals surface area (Å²) in [5.74, 6) is -0.279. The zero-order valence-electron chi connectivity index (χ0n) is 12.1. The van der Waals surface area contributed by atoms with Crippen LogP contribution in [0.4, 0.5) is 0 Å². The maximum absolute atomic E-state index is 11.1. The van der Waals surface area contributed by atoms with Gasteiger partial charge >= 0.3 is 5.97 Å². The predicted octanol–water partition coefficient (Wildman–Crippen LogP) is 2.56. The first-order chi connectivity index (χ1) is 9.43. The van der Waals surface area contributed by atoms with E-state index in [-0.39, 0.29) is 5.56 Å². The Labute approximate surface area is 117 Å². The Balaban J connectivity index is 2.43. The van der Waals surface area contributed by atoms with Gasteiger partial charge in [-0.1, -0.05) is 0 Å². The van der Waals surface area contributed by atoms with E-state index in [1.165, 1.54) is 6.07 Å². The molecule has 2 aromatic rings. The summed E-state index contributed by atoms with van der Waals surface area (Å²) in [5, 5.41) is 13.5. The van der Waals surface area contributed by atoms with E-state index in [0.29, 0.717) is 12.3 Å². The predicted molar refractivity (Wildman–Crippen MR) is 75.5 cm³/mol. The Morgan fingerprint density at radius 3 is 2.55 bits per heavy atom. The molecule has 5 heteroatoms. The summed E-state index contributed by atoms with van der Waals surface area (Å²) in [5.41, 5.74) is 4.26.